The molecule has 11 heteroatoms. The standard InChI is InChI=1S/C22H21FN6O3S/c1-14-12-15(5-6-17(14)23)20-21(29-19(28-20)4-3-8-26-29)16-7-9-24-18(13-16)27-22(30)25-10-11-33(2,31)32/h3-9,12-13H,10-11H2,1-2H3,(H2,24,25,27,30). The number of nitrogens with zero attached hydrogens (tertiary/aromatic N) is 4. The van der Waals surface area contributed by atoms with Crippen molar-refractivity contribution >= 4 is 27.3 Å². The molecule has 0 aliphatic heterocycles. The molecule has 4 rings (SSSR count). The Morgan fingerprint density at radius 2 is 1.94 bits per heavy atom. The smallest absolute Gasteiger partial charge is 0.320 e. The molecule has 0 unspecified atom stereocenters. The minimum absolute atomic E-state index is 0.0183. The third-order valence-electron chi connectivity index (χ3n) is 4.86. The lowest BCUT2D eigenvalue weighted by Gasteiger charge is -2.09. The molecule has 0 radical (unpaired) electrons. The molecule has 1 aromatic carbocycles. The summed E-state index contributed by atoms with van der Waals surface area (Å²) in [6.07, 6.45) is 4.26. The molecule has 2 N–H and O–H groups in total. The van der Waals surface area contributed by atoms with E-state index < -0.39 is 15.9 Å². The van der Waals surface area contributed by atoms with E-state index in [1.54, 1.807) is 48.0 Å². The SMILES string of the molecule is Cc1cc(-c2nc3cccnn3c2-c2ccnc(NC(=O)NCCS(C)(=O)=O)c2)ccc1F. The van der Waals surface area contributed by atoms with Gasteiger partial charge in [-0.3, -0.25) is 5.32 Å². The van der Waals surface area contributed by atoms with Crippen molar-refractivity contribution in [3.8, 4) is 22.5 Å². The number of pyridine rings is 1. The number of fused-ring (bicyclic) bond motifs is 1. The normalized spacial score (nSPS) is 11.5. The number of carbonyl (C=O) groups is 1. The van der Waals surface area contributed by atoms with E-state index >= 15 is 0 Å². The van der Waals surface area contributed by atoms with Crippen LogP contribution in [0, 0.1) is 12.7 Å². The third-order valence-corrected chi connectivity index (χ3v) is 5.80. The fourth-order valence-electron chi connectivity index (χ4n) is 3.30. The second kappa shape index (κ2) is 8.94. The maximum atomic E-state index is 13.8. The van der Waals surface area contributed by atoms with Crippen molar-refractivity contribution in [2.75, 3.05) is 23.9 Å². The number of hydrogen-bond donors (Lipinski definition) is 2. The van der Waals surface area contributed by atoms with Gasteiger partial charge in [0.15, 0.2) is 5.65 Å². The Hall–Kier alpha value is -3.86. The molecule has 0 saturated heterocycles. The van der Waals surface area contributed by atoms with Crippen molar-refractivity contribution in [2.45, 2.75) is 6.92 Å². The highest BCUT2D eigenvalue weighted by Gasteiger charge is 2.18. The molecule has 0 spiro atoms. The van der Waals surface area contributed by atoms with Gasteiger partial charge in [-0.1, -0.05) is 0 Å². The first-order chi connectivity index (χ1) is 15.7. The number of halogens is 1. The minimum Gasteiger partial charge on any atom is -0.337 e. The van der Waals surface area contributed by atoms with Gasteiger partial charge < -0.3 is 5.32 Å². The van der Waals surface area contributed by atoms with E-state index in [2.05, 4.69) is 25.7 Å². The topological polar surface area (TPSA) is 118 Å². The predicted molar refractivity (Wildman–Crippen MR) is 123 cm³/mol. The van der Waals surface area contributed by atoms with E-state index in [0.29, 0.717) is 28.2 Å². The second-order valence-electron chi connectivity index (χ2n) is 7.51. The zero-order valence-corrected chi connectivity index (χ0v) is 18.7. The van der Waals surface area contributed by atoms with Crippen LogP contribution in [0.5, 0.6) is 0 Å². The first-order valence-corrected chi connectivity index (χ1v) is 12.1. The third kappa shape index (κ3) is 5.14. The Bertz CT molecular complexity index is 1450. The zero-order valence-electron chi connectivity index (χ0n) is 17.9. The van der Waals surface area contributed by atoms with Crippen LogP contribution in [0.3, 0.4) is 0 Å². The molecule has 4 aromatic rings. The summed E-state index contributed by atoms with van der Waals surface area (Å²) in [5, 5.41) is 9.49. The number of benzene rings is 1. The number of imidazole rings is 1. The quantitative estimate of drug-likeness (QED) is 0.449. The summed E-state index contributed by atoms with van der Waals surface area (Å²) in [5.41, 5.74) is 3.76. The van der Waals surface area contributed by atoms with E-state index in [4.69, 9.17) is 0 Å². The van der Waals surface area contributed by atoms with E-state index in [0.717, 1.165) is 11.8 Å². The Kier molecular flexibility index (Phi) is 6.05. The molecule has 9 nitrogen and oxygen atoms in total. The van der Waals surface area contributed by atoms with Crippen molar-refractivity contribution < 1.29 is 17.6 Å². The minimum atomic E-state index is -3.18. The molecule has 170 valence electrons. The number of amides is 2. The summed E-state index contributed by atoms with van der Waals surface area (Å²) in [6.45, 7) is 1.67. The van der Waals surface area contributed by atoms with Gasteiger partial charge in [0.25, 0.3) is 0 Å². The number of hydrogen-bond acceptors (Lipinski definition) is 6. The van der Waals surface area contributed by atoms with E-state index in [1.807, 2.05) is 6.07 Å². The van der Waals surface area contributed by atoms with Gasteiger partial charge in [0.05, 0.1) is 11.4 Å². The highest BCUT2D eigenvalue weighted by molar-refractivity contribution is 7.90. The molecule has 2 amide bonds. The maximum absolute atomic E-state index is 13.8. The number of sulfone groups is 1. The first-order valence-electron chi connectivity index (χ1n) is 10.0. The van der Waals surface area contributed by atoms with Gasteiger partial charge in [0.1, 0.15) is 27.2 Å². The molecule has 33 heavy (non-hydrogen) atoms. The second-order valence-corrected chi connectivity index (χ2v) is 9.77. The highest BCUT2D eigenvalue weighted by atomic mass is 32.2. The lowest BCUT2D eigenvalue weighted by Crippen LogP contribution is -2.32. The fourth-order valence-corrected chi connectivity index (χ4v) is 3.77. The van der Waals surface area contributed by atoms with Crippen LogP contribution in [-0.4, -0.2) is 52.6 Å². The molecular weight excluding hydrogens is 447 g/mol. The Balaban J connectivity index is 1.69. The van der Waals surface area contributed by atoms with Crippen LogP contribution in [0.15, 0.2) is 54.9 Å². The van der Waals surface area contributed by atoms with Crippen LogP contribution >= 0.6 is 0 Å². The average Bonchev–Trinajstić information content (AvgIpc) is 3.14. The number of aromatic nitrogens is 4. The summed E-state index contributed by atoms with van der Waals surface area (Å²) in [6, 6.07) is 11.2. The van der Waals surface area contributed by atoms with Crippen LogP contribution in [-0.2, 0) is 9.84 Å². The Morgan fingerprint density at radius 1 is 1.12 bits per heavy atom. The van der Waals surface area contributed by atoms with Crippen molar-refractivity contribution in [1.29, 1.82) is 0 Å². The summed E-state index contributed by atoms with van der Waals surface area (Å²) in [4.78, 5) is 21.0. The molecule has 0 aliphatic carbocycles. The molecular formula is C22H21FN6O3S. The maximum Gasteiger partial charge on any atom is 0.320 e. The number of rotatable bonds is 6. The summed E-state index contributed by atoms with van der Waals surface area (Å²) >= 11 is 0. The molecule has 0 atom stereocenters. The number of nitrogens with one attached hydrogen (secondary N) is 2. The van der Waals surface area contributed by atoms with Crippen LogP contribution in [0.2, 0.25) is 0 Å². The van der Waals surface area contributed by atoms with Gasteiger partial charge in [-0.25, -0.2) is 32.1 Å². The number of anilines is 1. The predicted octanol–water partition coefficient (Wildman–Crippen LogP) is 3.07. The lowest BCUT2D eigenvalue weighted by atomic mass is 10.0. The van der Waals surface area contributed by atoms with Crippen molar-refractivity contribution in [3.05, 3.63) is 66.2 Å². The first kappa shape index (κ1) is 22.3. The van der Waals surface area contributed by atoms with Crippen LogP contribution < -0.4 is 10.6 Å². The largest absolute Gasteiger partial charge is 0.337 e. The van der Waals surface area contributed by atoms with Crippen LogP contribution in [0.25, 0.3) is 28.2 Å². The van der Waals surface area contributed by atoms with Gasteiger partial charge in [-0.2, -0.15) is 5.10 Å². The molecule has 3 aromatic heterocycles. The Morgan fingerprint density at radius 3 is 2.70 bits per heavy atom. The highest BCUT2D eigenvalue weighted by Crippen LogP contribution is 2.33. The molecule has 0 aliphatic rings. The van der Waals surface area contributed by atoms with Crippen molar-refractivity contribution in [1.82, 2.24) is 24.9 Å². The van der Waals surface area contributed by atoms with Gasteiger partial charge >= 0.3 is 6.03 Å². The molecule has 0 saturated carbocycles. The molecule has 0 fully saturated rings. The molecule has 0 bridgehead atoms. The average molecular weight is 469 g/mol. The number of aryl methyl sites for hydroxylation is 1. The number of urea groups is 1. The summed E-state index contributed by atoms with van der Waals surface area (Å²) in [5.74, 6) is -0.210. The zero-order chi connectivity index (χ0) is 23.6. The van der Waals surface area contributed by atoms with E-state index in [1.165, 1.54) is 12.3 Å². The number of carbonyl (C=O) groups excluding carboxylic acids is 1. The van der Waals surface area contributed by atoms with Crippen LogP contribution in [0.4, 0.5) is 15.0 Å². The summed E-state index contributed by atoms with van der Waals surface area (Å²) < 4.78 is 38.0. The monoisotopic (exact) mass is 468 g/mol. The molecule has 3 heterocycles. The van der Waals surface area contributed by atoms with Gasteiger partial charge in [-0.15, -0.1) is 0 Å². The fraction of sp³-hybridized carbons (Fsp3) is 0.182. The van der Waals surface area contributed by atoms with Crippen molar-refractivity contribution in [2.24, 2.45) is 0 Å². The summed E-state index contributed by atoms with van der Waals surface area (Å²) in [7, 11) is -3.18. The van der Waals surface area contributed by atoms with Gasteiger partial charge in [0, 0.05) is 36.3 Å². The van der Waals surface area contributed by atoms with E-state index in [9.17, 15) is 17.6 Å². The van der Waals surface area contributed by atoms with Crippen molar-refractivity contribution in [3.63, 3.8) is 0 Å². The van der Waals surface area contributed by atoms with Gasteiger partial charge in [-0.05, 0) is 55.0 Å². The Labute approximate surface area is 189 Å². The van der Waals surface area contributed by atoms with Gasteiger partial charge in [0.2, 0.25) is 0 Å². The van der Waals surface area contributed by atoms with E-state index in [-0.39, 0.29) is 23.9 Å². The lowest BCUT2D eigenvalue weighted by molar-refractivity contribution is 0.252. The van der Waals surface area contributed by atoms with Crippen LogP contribution in [0.1, 0.15) is 5.56 Å².